The molecule has 4 rings (SSSR count). The van der Waals surface area contributed by atoms with Crippen LogP contribution in [0.1, 0.15) is 60.5 Å². The van der Waals surface area contributed by atoms with Crippen molar-refractivity contribution in [2.24, 2.45) is 0 Å². The Bertz CT molecular complexity index is 1100. The molecule has 1 atom stereocenters. The second-order valence-electron chi connectivity index (χ2n) is 8.31. The maximum Gasteiger partial charge on any atom is 0.287 e. The van der Waals surface area contributed by atoms with Crippen molar-refractivity contribution < 1.29 is 23.2 Å². The fourth-order valence-electron chi connectivity index (χ4n) is 4.37. The van der Waals surface area contributed by atoms with Crippen molar-refractivity contribution >= 4 is 23.4 Å². The van der Waals surface area contributed by atoms with Crippen LogP contribution in [0.5, 0.6) is 0 Å². The zero-order valence-corrected chi connectivity index (χ0v) is 19.2. The first-order valence-corrected chi connectivity index (χ1v) is 11.6. The van der Waals surface area contributed by atoms with Gasteiger partial charge < -0.3 is 19.5 Å². The fourth-order valence-corrected chi connectivity index (χ4v) is 4.37. The Hall–Kier alpha value is -3.81. The highest BCUT2D eigenvalue weighted by molar-refractivity contribution is 6.04. The number of hydrogen-bond acceptors (Lipinski definition) is 5. The van der Waals surface area contributed by atoms with E-state index in [2.05, 4.69) is 10.6 Å². The van der Waals surface area contributed by atoms with Gasteiger partial charge in [-0.2, -0.15) is 0 Å². The second kappa shape index (κ2) is 10.9. The number of aryl methyl sites for hydroxylation is 1. The van der Waals surface area contributed by atoms with Crippen LogP contribution in [-0.4, -0.2) is 30.3 Å². The van der Waals surface area contributed by atoms with E-state index in [-0.39, 0.29) is 24.3 Å². The predicted octanol–water partition coefficient (Wildman–Crippen LogP) is 4.00. The predicted molar refractivity (Wildman–Crippen MR) is 126 cm³/mol. The lowest BCUT2D eigenvalue weighted by Crippen LogP contribution is -2.49. The lowest BCUT2D eigenvalue weighted by molar-refractivity contribution is -0.127. The largest absolute Gasteiger partial charge is 0.467 e. The summed E-state index contributed by atoms with van der Waals surface area (Å²) in [6.07, 6.45) is 7.49. The Morgan fingerprint density at radius 3 is 2.41 bits per heavy atom. The number of furan rings is 2. The first-order chi connectivity index (χ1) is 16.6. The number of anilines is 1. The molecule has 1 aliphatic rings. The zero-order chi connectivity index (χ0) is 23.9. The molecule has 0 spiro atoms. The molecule has 0 bridgehead atoms. The van der Waals surface area contributed by atoms with Gasteiger partial charge in [0, 0.05) is 11.7 Å². The monoisotopic (exact) mass is 463 g/mol. The Morgan fingerprint density at radius 2 is 1.74 bits per heavy atom. The Balaban J connectivity index is 1.67. The molecule has 2 heterocycles. The molecule has 178 valence electrons. The molecule has 3 amide bonds. The molecule has 1 fully saturated rings. The first-order valence-electron chi connectivity index (χ1n) is 11.6. The van der Waals surface area contributed by atoms with Crippen molar-refractivity contribution in [3.05, 3.63) is 78.1 Å². The van der Waals surface area contributed by atoms with E-state index in [0.29, 0.717) is 17.9 Å². The van der Waals surface area contributed by atoms with Crippen molar-refractivity contribution in [1.29, 1.82) is 0 Å². The maximum atomic E-state index is 13.6. The number of hydrogen-bond donors (Lipinski definition) is 2. The Kier molecular flexibility index (Phi) is 7.47. The summed E-state index contributed by atoms with van der Waals surface area (Å²) in [5, 5.41) is 5.70. The molecule has 8 heteroatoms. The quantitative estimate of drug-likeness (QED) is 0.499. The van der Waals surface area contributed by atoms with Gasteiger partial charge in [0.2, 0.25) is 5.91 Å². The van der Waals surface area contributed by atoms with Crippen LogP contribution < -0.4 is 15.5 Å². The minimum Gasteiger partial charge on any atom is -0.467 e. The third-order valence-electron chi connectivity index (χ3n) is 6.07. The van der Waals surface area contributed by atoms with E-state index in [1.54, 1.807) is 18.2 Å². The third kappa shape index (κ3) is 5.22. The van der Waals surface area contributed by atoms with Crippen molar-refractivity contribution in [3.8, 4) is 0 Å². The van der Waals surface area contributed by atoms with Gasteiger partial charge in [-0.15, -0.1) is 0 Å². The standard InChI is InChI=1S/C26H29N3O5/c1-2-18-9-3-6-12-20(18)29(23(30)17-27-25(31)22-14-8-16-34-22)24(21-13-7-15-33-21)26(32)28-19-10-4-5-11-19/h3,6-9,12-16,19,24H,2,4-5,10-11,17H2,1H3,(H,27,31)(H,28,32)/t24-/m1/s1. The van der Waals surface area contributed by atoms with Gasteiger partial charge in [0.1, 0.15) is 5.76 Å². The van der Waals surface area contributed by atoms with Crippen LogP contribution in [0.2, 0.25) is 0 Å². The minimum atomic E-state index is -1.02. The van der Waals surface area contributed by atoms with Crippen LogP contribution in [-0.2, 0) is 16.0 Å². The number of carbonyl (C=O) groups excluding carboxylic acids is 3. The van der Waals surface area contributed by atoms with Gasteiger partial charge in [-0.25, -0.2) is 0 Å². The van der Waals surface area contributed by atoms with Crippen molar-refractivity contribution in [1.82, 2.24) is 10.6 Å². The van der Waals surface area contributed by atoms with Crippen LogP contribution in [0.3, 0.4) is 0 Å². The van der Waals surface area contributed by atoms with Gasteiger partial charge in [-0.05, 0) is 55.2 Å². The molecule has 0 radical (unpaired) electrons. The molecule has 0 saturated heterocycles. The smallest absolute Gasteiger partial charge is 0.287 e. The Labute approximate surface area is 198 Å². The Morgan fingerprint density at radius 1 is 1.00 bits per heavy atom. The lowest BCUT2D eigenvalue weighted by atomic mass is 10.0. The van der Waals surface area contributed by atoms with E-state index >= 15 is 0 Å². The number of nitrogens with zero attached hydrogens (tertiary/aromatic N) is 1. The molecule has 1 aromatic carbocycles. The number of nitrogens with one attached hydrogen (secondary N) is 2. The van der Waals surface area contributed by atoms with Crippen LogP contribution >= 0.6 is 0 Å². The molecule has 0 aliphatic heterocycles. The molecular formula is C26H29N3O5. The lowest BCUT2D eigenvalue weighted by Gasteiger charge is -2.32. The number of amides is 3. The third-order valence-corrected chi connectivity index (χ3v) is 6.07. The summed E-state index contributed by atoms with van der Waals surface area (Å²) in [4.78, 5) is 41.0. The minimum absolute atomic E-state index is 0.0713. The summed E-state index contributed by atoms with van der Waals surface area (Å²) >= 11 is 0. The van der Waals surface area contributed by atoms with E-state index in [4.69, 9.17) is 8.83 Å². The molecule has 34 heavy (non-hydrogen) atoms. The van der Waals surface area contributed by atoms with E-state index < -0.39 is 17.9 Å². The van der Waals surface area contributed by atoms with Crippen molar-refractivity contribution in [2.45, 2.75) is 51.1 Å². The zero-order valence-electron chi connectivity index (χ0n) is 19.2. The molecule has 1 saturated carbocycles. The van der Waals surface area contributed by atoms with Crippen molar-refractivity contribution in [3.63, 3.8) is 0 Å². The topological polar surface area (TPSA) is 105 Å². The average Bonchev–Trinajstić information content (AvgIpc) is 3.64. The highest BCUT2D eigenvalue weighted by Crippen LogP contribution is 2.32. The van der Waals surface area contributed by atoms with Crippen LogP contribution in [0.25, 0.3) is 0 Å². The highest BCUT2D eigenvalue weighted by Gasteiger charge is 2.37. The molecular weight excluding hydrogens is 434 g/mol. The summed E-state index contributed by atoms with van der Waals surface area (Å²) < 4.78 is 10.7. The number of carbonyl (C=O) groups is 3. The van der Waals surface area contributed by atoms with Crippen LogP contribution in [0, 0.1) is 0 Å². The summed E-state index contributed by atoms with van der Waals surface area (Å²) in [6, 6.07) is 13.0. The fraction of sp³-hybridized carbons (Fsp3) is 0.346. The summed E-state index contributed by atoms with van der Waals surface area (Å²) in [5.74, 6) is -0.795. The molecule has 3 aromatic rings. The SMILES string of the molecule is CCc1ccccc1N(C(=O)CNC(=O)c1ccco1)[C@@H](C(=O)NC1CCCC1)c1ccco1. The summed E-state index contributed by atoms with van der Waals surface area (Å²) in [6.45, 7) is 1.67. The normalized spacial score (nSPS) is 14.5. The average molecular weight is 464 g/mol. The van der Waals surface area contributed by atoms with E-state index in [0.717, 1.165) is 31.2 Å². The summed E-state index contributed by atoms with van der Waals surface area (Å²) in [5.41, 5.74) is 1.50. The van der Waals surface area contributed by atoms with Gasteiger partial charge >= 0.3 is 0 Å². The molecule has 1 aliphatic carbocycles. The van der Waals surface area contributed by atoms with E-state index in [9.17, 15) is 14.4 Å². The van der Waals surface area contributed by atoms with E-state index in [1.807, 2.05) is 31.2 Å². The van der Waals surface area contributed by atoms with Crippen molar-refractivity contribution in [2.75, 3.05) is 11.4 Å². The van der Waals surface area contributed by atoms with E-state index in [1.165, 1.54) is 23.5 Å². The first kappa shape index (κ1) is 23.4. The van der Waals surface area contributed by atoms with Gasteiger partial charge in [0.25, 0.3) is 11.8 Å². The van der Waals surface area contributed by atoms with Gasteiger partial charge in [-0.3, -0.25) is 19.3 Å². The molecule has 8 nitrogen and oxygen atoms in total. The molecule has 0 unspecified atom stereocenters. The van der Waals surface area contributed by atoms with Crippen LogP contribution in [0.4, 0.5) is 5.69 Å². The molecule has 2 aromatic heterocycles. The van der Waals surface area contributed by atoms with Gasteiger partial charge in [-0.1, -0.05) is 38.0 Å². The molecule has 2 N–H and O–H groups in total. The van der Waals surface area contributed by atoms with Gasteiger partial charge in [0.15, 0.2) is 11.8 Å². The number of benzene rings is 1. The second-order valence-corrected chi connectivity index (χ2v) is 8.31. The van der Waals surface area contributed by atoms with Gasteiger partial charge in [0.05, 0.1) is 19.1 Å². The highest BCUT2D eigenvalue weighted by atomic mass is 16.3. The summed E-state index contributed by atoms with van der Waals surface area (Å²) in [7, 11) is 0. The maximum absolute atomic E-state index is 13.6. The number of para-hydroxylation sites is 1. The van der Waals surface area contributed by atoms with Crippen LogP contribution in [0.15, 0.2) is 69.9 Å². The number of rotatable bonds is 9.